The van der Waals surface area contributed by atoms with Crippen LogP contribution in [0, 0.1) is 6.92 Å². The summed E-state index contributed by atoms with van der Waals surface area (Å²) in [5.41, 5.74) is 3.78. The van der Waals surface area contributed by atoms with Crippen LogP contribution in [0.2, 0.25) is 5.02 Å². The number of fused-ring (bicyclic) bond motifs is 2. The van der Waals surface area contributed by atoms with E-state index in [9.17, 15) is 9.59 Å². The summed E-state index contributed by atoms with van der Waals surface area (Å²) in [5, 5.41) is 6.67. The van der Waals surface area contributed by atoms with Gasteiger partial charge in [0, 0.05) is 43.4 Å². The number of aryl methyl sites for hydroxylation is 1. The highest BCUT2D eigenvalue weighted by Crippen LogP contribution is 2.52. The Morgan fingerprint density at radius 3 is 2.50 bits per heavy atom. The summed E-state index contributed by atoms with van der Waals surface area (Å²) in [7, 11) is 1.67. The number of hydrogen-bond donors (Lipinski definition) is 2. The van der Waals surface area contributed by atoms with Gasteiger partial charge >= 0.3 is 6.03 Å². The van der Waals surface area contributed by atoms with Crippen molar-refractivity contribution >= 4 is 34.9 Å². The molecule has 3 aliphatic rings. The van der Waals surface area contributed by atoms with Crippen molar-refractivity contribution in [2.75, 3.05) is 43.5 Å². The minimum absolute atomic E-state index is 0.0510. The van der Waals surface area contributed by atoms with Crippen LogP contribution in [0.4, 0.5) is 16.2 Å². The van der Waals surface area contributed by atoms with Crippen molar-refractivity contribution in [2.24, 2.45) is 0 Å². The molecule has 2 heterocycles. The van der Waals surface area contributed by atoms with Crippen LogP contribution in [-0.4, -0.2) is 50.1 Å². The maximum Gasteiger partial charge on any atom is 0.319 e. The molecular weight excluding hydrogens is 452 g/mol. The molecule has 5 rings (SSSR count). The van der Waals surface area contributed by atoms with Crippen molar-refractivity contribution in [3.8, 4) is 5.75 Å². The molecule has 1 spiro atoms. The Morgan fingerprint density at radius 1 is 1.09 bits per heavy atom. The monoisotopic (exact) mass is 482 g/mol. The van der Waals surface area contributed by atoms with Crippen LogP contribution in [0.25, 0.3) is 0 Å². The Morgan fingerprint density at radius 2 is 1.82 bits per heavy atom. The van der Waals surface area contributed by atoms with E-state index in [1.165, 1.54) is 6.42 Å². The van der Waals surface area contributed by atoms with Crippen LogP contribution in [-0.2, 0) is 5.54 Å². The smallest absolute Gasteiger partial charge is 0.319 e. The normalized spacial score (nSPS) is 19.3. The molecule has 2 aromatic carbocycles. The molecule has 1 saturated carbocycles. The minimum Gasteiger partial charge on any atom is -0.496 e. The van der Waals surface area contributed by atoms with Crippen molar-refractivity contribution in [2.45, 2.75) is 44.6 Å². The molecule has 0 bridgehead atoms. The fourth-order valence-electron chi connectivity index (χ4n) is 5.67. The molecule has 2 fully saturated rings. The molecule has 3 amide bonds. The van der Waals surface area contributed by atoms with Crippen LogP contribution in [0.3, 0.4) is 0 Å². The van der Waals surface area contributed by atoms with Crippen LogP contribution in [0.1, 0.15) is 53.6 Å². The average molecular weight is 483 g/mol. The van der Waals surface area contributed by atoms with E-state index in [1.54, 1.807) is 7.11 Å². The van der Waals surface area contributed by atoms with E-state index in [-0.39, 0.29) is 11.9 Å². The quantitative estimate of drug-likeness (QED) is 0.651. The second-order valence-electron chi connectivity index (χ2n) is 9.53. The number of hydrogen-bond acceptors (Lipinski definition) is 4. The van der Waals surface area contributed by atoms with Gasteiger partial charge in [-0.3, -0.25) is 4.79 Å². The number of anilines is 2. The second kappa shape index (κ2) is 9.02. The van der Waals surface area contributed by atoms with E-state index in [1.807, 2.05) is 42.2 Å². The summed E-state index contributed by atoms with van der Waals surface area (Å²) < 4.78 is 5.85. The van der Waals surface area contributed by atoms with Crippen LogP contribution in [0.15, 0.2) is 30.3 Å². The molecule has 0 radical (unpaired) electrons. The van der Waals surface area contributed by atoms with Crippen molar-refractivity contribution < 1.29 is 14.3 Å². The number of nitrogens with zero attached hydrogens (tertiary/aromatic N) is 2. The highest BCUT2D eigenvalue weighted by Gasteiger charge is 2.44. The molecule has 1 aliphatic carbocycles. The molecule has 2 aliphatic heterocycles. The van der Waals surface area contributed by atoms with Crippen LogP contribution in [0.5, 0.6) is 5.75 Å². The van der Waals surface area contributed by atoms with Gasteiger partial charge in [0.1, 0.15) is 5.75 Å². The predicted molar refractivity (Wildman–Crippen MR) is 134 cm³/mol. The molecule has 2 aromatic rings. The Labute approximate surface area is 205 Å². The summed E-state index contributed by atoms with van der Waals surface area (Å²) in [6, 6.07) is 9.48. The Hall–Kier alpha value is -2.93. The van der Waals surface area contributed by atoms with Gasteiger partial charge in [-0.2, -0.15) is 0 Å². The fraction of sp³-hybridized carbons (Fsp3) is 0.462. The second-order valence-corrected chi connectivity index (χ2v) is 9.91. The zero-order valence-corrected chi connectivity index (χ0v) is 20.5. The molecule has 2 N–H and O–H groups in total. The zero-order valence-electron chi connectivity index (χ0n) is 19.7. The van der Waals surface area contributed by atoms with E-state index in [0.29, 0.717) is 36.9 Å². The highest BCUT2D eigenvalue weighted by atomic mass is 35.5. The largest absolute Gasteiger partial charge is 0.496 e. The van der Waals surface area contributed by atoms with Crippen molar-refractivity contribution in [3.05, 3.63) is 52.0 Å². The van der Waals surface area contributed by atoms with E-state index >= 15 is 0 Å². The maximum atomic E-state index is 13.0. The first-order chi connectivity index (χ1) is 16.4. The SMILES string of the molecule is COc1cc(N2CCN(C(=O)c3cccc(C)c3)CC2)c(Cl)c2c1C1(CCCCC1)NC(=O)N2. The number of methoxy groups -OCH3 is 1. The number of amides is 3. The Bertz CT molecular complexity index is 1120. The van der Waals surface area contributed by atoms with E-state index in [0.717, 1.165) is 53.8 Å². The molecule has 0 unspecified atom stereocenters. The fourth-order valence-corrected chi connectivity index (χ4v) is 5.99. The van der Waals surface area contributed by atoms with Gasteiger partial charge < -0.3 is 25.2 Å². The average Bonchev–Trinajstić information content (AvgIpc) is 2.85. The lowest BCUT2D eigenvalue weighted by atomic mass is 9.74. The Balaban J connectivity index is 1.42. The molecular formula is C26H31ClN4O3. The number of nitrogens with one attached hydrogen (secondary N) is 2. The number of halogens is 1. The molecule has 34 heavy (non-hydrogen) atoms. The van der Waals surface area contributed by atoms with Crippen LogP contribution >= 0.6 is 11.6 Å². The van der Waals surface area contributed by atoms with Crippen molar-refractivity contribution in [1.82, 2.24) is 10.2 Å². The summed E-state index contributed by atoms with van der Waals surface area (Å²) >= 11 is 6.95. The predicted octanol–water partition coefficient (Wildman–Crippen LogP) is 4.91. The third kappa shape index (κ3) is 3.96. The lowest BCUT2D eigenvalue weighted by Gasteiger charge is -2.44. The third-order valence-electron chi connectivity index (χ3n) is 7.38. The molecule has 1 saturated heterocycles. The van der Waals surface area contributed by atoms with Gasteiger partial charge in [-0.15, -0.1) is 0 Å². The number of carbonyl (C=O) groups excluding carboxylic acids is 2. The Kier molecular flexibility index (Phi) is 6.06. The first-order valence-electron chi connectivity index (χ1n) is 12.0. The molecule has 7 nitrogen and oxygen atoms in total. The van der Waals surface area contributed by atoms with Gasteiger partial charge in [-0.25, -0.2) is 4.79 Å². The summed E-state index contributed by atoms with van der Waals surface area (Å²) in [6.07, 6.45) is 5.02. The number of benzene rings is 2. The lowest BCUT2D eigenvalue weighted by Crippen LogP contribution is -2.53. The maximum absolute atomic E-state index is 13.0. The van der Waals surface area contributed by atoms with Gasteiger partial charge in [0.05, 0.1) is 29.0 Å². The van der Waals surface area contributed by atoms with Gasteiger partial charge in [-0.1, -0.05) is 48.6 Å². The number of rotatable bonds is 3. The molecule has 180 valence electrons. The third-order valence-corrected chi connectivity index (χ3v) is 7.76. The number of carbonyl (C=O) groups is 2. The topological polar surface area (TPSA) is 73.9 Å². The van der Waals surface area contributed by atoms with Gasteiger partial charge in [0.2, 0.25) is 0 Å². The number of piperazine rings is 1. The number of urea groups is 1. The molecule has 8 heteroatoms. The van der Waals surface area contributed by atoms with E-state index in [4.69, 9.17) is 16.3 Å². The van der Waals surface area contributed by atoms with Gasteiger partial charge in [0.15, 0.2) is 0 Å². The summed E-state index contributed by atoms with van der Waals surface area (Å²) in [4.78, 5) is 29.7. The summed E-state index contributed by atoms with van der Waals surface area (Å²) in [5.74, 6) is 0.789. The van der Waals surface area contributed by atoms with Crippen molar-refractivity contribution in [1.29, 1.82) is 0 Å². The highest BCUT2D eigenvalue weighted by molar-refractivity contribution is 6.37. The molecule has 0 atom stereocenters. The summed E-state index contributed by atoms with van der Waals surface area (Å²) in [6.45, 7) is 4.49. The van der Waals surface area contributed by atoms with Gasteiger partial charge in [0.25, 0.3) is 5.91 Å². The number of ether oxygens (including phenoxy) is 1. The first kappa shape index (κ1) is 22.8. The first-order valence-corrected chi connectivity index (χ1v) is 12.4. The van der Waals surface area contributed by atoms with Crippen LogP contribution < -0.4 is 20.3 Å². The van der Waals surface area contributed by atoms with Crippen molar-refractivity contribution in [3.63, 3.8) is 0 Å². The van der Waals surface area contributed by atoms with E-state index < -0.39 is 5.54 Å². The molecule has 0 aromatic heterocycles. The zero-order chi connectivity index (χ0) is 23.9. The van der Waals surface area contributed by atoms with Gasteiger partial charge in [-0.05, 0) is 31.9 Å². The minimum atomic E-state index is -0.442. The van der Waals surface area contributed by atoms with E-state index in [2.05, 4.69) is 15.5 Å². The standard InChI is InChI=1S/C26H31ClN4O3/c1-17-7-6-8-18(15-17)24(32)31-13-11-30(12-14-31)19-16-20(34-2)21-23(22(19)27)28-25(33)29-26(21)9-4-3-5-10-26/h6-8,15-16H,3-5,9-14H2,1-2H3,(H2,28,29,33). The lowest BCUT2D eigenvalue weighted by molar-refractivity contribution is 0.0746.